The number of nitrogens with one attached hydrogen (secondary N) is 1. The molecule has 1 aromatic heterocycles. The van der Waals surface area contributed by atoms with E-state index in [2.05, 4.69) is 5.32 Å². The van der Waals surface area contributed by atoms with Crippen LogP contribution in [0.3, 0.4) is 0 Å². The van der Waals surface area contributed by atoms with E-state index in [9.17, 15) is 10.1 Å². The van der Waals surface area contributed by atoms with Gasteiger partial charge in [0.25, 0.3) is 5.91 Å². The fraction of sp³-hybridized carbons (Fsp3) is 0.167. The average Bonchev–Trinajstić information content (AvgIpc) is 3.34. The van der Waals surface area contributed by atoms with Gasteiger partial charge in [-0.25, -0.2) is 0 Å². The van der Waals surface area contributed by atoms with Gasteiger partial charge in [0.15, 0.2) is 0 Å². The van der Waals surface area contributed by atoms with Crippen molar-refractivity contribution < 1.29 is 23.4 Å². The summed E-state index contributed by atoms with van der Waals surface area (Å²) in [5.74, 6) is 2.02. The highest BCUT2D eigenvalue weighted by atomic mass is 35.5. The first-order chi connectivity index (χ1) is 15.6. The summed E-state index contributed by atoms with van der Waals surface area (Å²) >= 11 is 6.29. The maximum atomic E-state index is 12.2. The van der Waals surface area contributed by atoms with Crippen molar-refractivity contribution in [3.05, 3.63) is 82.8 Å². The number of methoxy groups -OCH3 is 1. The Labute approximate surface area is 190 Å². The first kappa shape index (κ1) is 22.8. The van der Waals surface area contributed by atoms with E-state index < -0.39 is 5.91 Å². The Bertz CT molecular complexity index is 1100. The third-order valence-corrected chi connectivity index (χ3v) is 4.60. The molecule has 32 heavy (non-hydrogen) atoms. The monoisotopic (exact) mass is 452 g/mol. The molecule has 0 unspecified atom stereocenters. The van der Waals surface area contributed by atoms with Crippen molar-refractivity contribution in [1.29, 1.82) is 5.26 Å². The van der Waals surface area contributed by atoms with Gasteiger partial charge in [0.2, 0.25) is 0 Å². The molecule has 3 aromatic rings. The molecule has 1 heterocycles. The van der Waals surface area contributed by atoms with Crippen molar-refractivity contribution in [3.63, 3.8) is 0 Å². The van der Waals surface area contributed by atoms with Crippen LogP contribution in [0.2, 0.25) is 5.02 Å². The van der Waals surface area contributed by atoms with Gasteiger partial charge < -0.3 is 23.9 Å². The number of rotatable bonds is 10. The second kappa shape index (κ2) is 11.5. The van der Waals surface area contributed by atoms with Crippen molar-refractivity contribution >= 4 is 23.6 Å². The van der Waals surface area contributed by atoms with Gasteiger partial charge in [-0.2, -0.15) is 5.26 Å². The highest BCUT2D eigenvalue weighted by Crippen LogP contribution is 2.26. The molecule has 2 aromatic carbocycles. The zero-order valence-corrected chi connectivity index (χ0v) is 18.1. The third-order valence-electron chi connectivity index (χ3n) is 4.30. The predicted molar refractivity (Wildman–Crippen MR) is 120 cm³/mol. The SMILES string of the molecule is COc1ccc(OCCOc2ccc(/C=C(\C#N)C(=O)NCc3ccco3)cc2Cl)cc1. The molecule has 7 nitrogen and oxygen atoms in total. The molecule has 0 saturated heterocycles. The number of hydrogen-bond acceptors (Lipinski definition) is 6. The summed E-state index contributed by atoms with van der Waals surface area (Å²) in [6.07, 6.45) is 2.97. The van der Waals surface area contributed by atoms with Crippen LogP contribution in [0.1, 0.15) is 11.3 Å². The zero-order chi connectivity index (χ0) is 22.8. The standard InChI is InChI=1S/C24H21ClN2O5/c1-29-19-5-7-20(8-6-19)31-11-12-32-23-9-4-17(14-22(23)25)13-18(15-26)24(28)27-16-21-3-2-10-30-21/h2-10,13-14H,11-12,16H2,1H3,(H,27,28)/b18-13+. The van der Waals surface area contributed by atoms with Crippen molar-refractivity contribution in [2.75, 3.05) is 20.3 Å². The van der Waals surface area contributed by atoms with Crippen molar-refractivity contribution in [3.8, 4) is 23.3 Å². The molecule has 8 heteroatoms. The Morgan fingerprint density at radius 3 is 2.53 bits per heavy atom. The molecule has 0 aliphatic rings. The largest absolute Gasteiger partial charge is 0.497 e. The first-order valence-corrected chi connectivity index (χ1v) is 10.1. The fourth-order valence-corrected chi connectivity index (χ4v) is 2.94. The Kier molecular flexibility index (Phi) is 8.18. The first-order valence-electron chi connectivity index (χ1n) is 9.70. The Morgan fingerprint density at radius 2 is 1.88 bits per heavy atom. The van der Waals surface area contributed by atoms with Gasteiger partial charge in [0, 0.05) is 0 Å². The Balaban J connectivity index is 1.52. The summed E-state index contributed by atoms with van der Waals surface area (Å²) < 4.78 is 21.5. The quantitative estimate of drug-likeness (QED) is 0.274. The number of nitriles is 1. The molecule has 0 atom stereocenters. The molecule has 1 N–H and O–H groups in total. The van der Waals surface area contributed by atoms with Gasteiger partial charge in [-0.05, 0) is 60.2 Å². The van der Waals surface area contributed by atoms with E-state index in [4.69, 9.17) is 30.2 Å². The number of carbonyl (C=O) groups is 1. The summed E-state index contributed by atoms with van der Waals surface area (Å²) in [6, 6.07) is 17.6. The number of ether oxygens (including phenoxy) is 3. The fourth-order valence-electron chi connectivity index (χ4n) is 2.70. The topological polar surface area (TPSA) is 93.7 Å². The van der Waals surface area contributed by atoms with E-state index >= 15 is 0 Å². The van der Waals surface area contributed by atoms with E-state index in [0.717, 1.165) is 5.75 Å². The van der Waals surface area contributed by atoms with Crippen molar-refractivity contribution in [2.24, 2.45) is 0 Å². The molecule has 1 amide bonds. The number of halogens is 1. The van der Waals surface area contributed by atoms with Gasteiger partial charge in [-0.1, -0.05) is 17.7 Å². The van der Waals surface area contributed by atoms with Crippen LogP contribution in [0.4, 0.5) is 0 Å². The number of nitrogens with zero attached hydrogens (tertiary/aromatic N) is 1. The number of furan rings is 1. The molecule has 0 saturated carbocycles. The van der Waals surface area contributed by atoms with Crippen LogP contribution >= 0.6 is 11.6 Å². The molecule has 3 rings (SSSR count). The van der Waals surface area contributed by atoms with Crippen LogP contribution in [-0.4, -0.2) is 26.2 Å². The molecule has 0 spiro atoms. The van der Waals surface area contributed by atoms with Gasteiger partial charge in [-0.3, -0.25) is 4.79 Å². The normalized spacial score (nSPS) is 10.8. The number of amides is 1. The van der Waals surface area contributed by atoms with Gasteiger partial charge >= 0.3 is 0 Å². The molecular formula is C24H21ClN2O5. The van der Waals surface area contributed by atoms with E-state index in [1.807, 2.05) is 30.3 Å². The molecule has 164 valence electrons. The highest BCUT2D eigenvalue weighted by Gasteiger charge is 2.10. The summed E-state index contributed by atoms with van der Waals surface area (Å²) in [5.41, 5.74) is 0.552. The van der Waals surface area contributed by atoms with Crippen molar-refractivity contribution in [2.45, 2.75) is 6.54 Å². The summed E-state index contributed by atoms with van der Waals surface area (Å²) in [6.45, 7) is 0.815. The molecule has 0 aliphatic carbocycles. The van der Waals surface area contributed by atoms with Gasteiger partial charge in [-0.15, -0.1) is 0 Å². The third kappa shape index (κ3) is 6.56. The molecular weight excluding hydrogens is 432 g/mol. The van der Waals surface area contributed by atoms with Crippen LogP contribution in [0.25, 0.3) is 6.08 Å². The van der Waals surface area contributed by atoms with E-state index in [1.165, 1.54) is 12.3 Å². The van der Waals surface area contributed by atoms with Crippen LogP contribution in [0, 0.1) is 11.3 Å². The molecule has 0 radical (unpaired) electrons. The van der Waals surface area contributed by atoms with Gasteiger partial charge in [0.1, 0.15) is 47.9 Å². The Hall–Kier alpha value is -3.89. The highest BCUT2D eigenvalue weighted by molar-refractivity contribution is 6.32. The van der Waals surface area contributed by atoms with Crippen molar-refractivity contribution in [1.82, 2.24) is 5.32 Å². The minimum absolute atomic E-state index is 0.0471. The van der Waals surface area contributed by atoms with Gasteiger partial charge in [0.05, 0.1) is 24.9 Å². The number of carbonyl (C=O) groups excluding carboxylic acids is 1. The lowest BCUT2D eigenvalue weighted by Crippen LogP contribution is -2.23. The van der Waals surface area contributed by atoms with Crippen LogP contribution < -0.4 is 19.5 Å². The predicted octanol–water partition coefficient (Wildman–Crippen LogP) is 4.62. The molecule has 0 aliphatic heterocycles. The van der Waals surface area contributed by atoms with E-state index in [0.29, 0.717) is 41.1 Å². The van der Waals surface area contributed by atoms with Crippen LogP contribution in [0.5, 0.6) is 17.2 Å². The summed E-state index contributed by atoms with van der Waals surface area (Å²) in [5, 5.41) is 12.3. The lowest BCUT2D eigenvalue weighted by atomic mass is 10.1. The smallest absolute Gasteiger partial charge is 0.262 e. The molecule has 0 bridgehead atoms. The lowest BCUT2D eigenvalue weighted by molar-refractivity contribution is -0.117. The second-order valence-electron chi connectivity index (χ2n) is 6.49. The average molecular weight is 453 g/mol. The Morgan fingerprint density at radius 1 is 1.12 bits per heavy atom. The maximum Gasteiger partial charge on any atom is 0.262 e. The van der Waals surface area contributed by atoms with Crippen LogP contribution in [-0.2, 0) is 11.3 Å². The number of benzene rings is 2. The minimum Gasteiger partial charge on any atom is -0.497 e. The minimum atomic E-state index is -0.504. The second-order valence-corrected chi connectivity index (χ2v) is 6.90. The zero-order valence-electron chi connectivity index (χ0n) is 17.3. The van der Waals surface area contributed by atoms with E-state index in [1.54, 1.807) is 37.4 Å². The number of hydrogen-bond donors (Lipinski definition) is 1. The molecule has 0 fully saturated rings. The summed E-state index contributed by atoms with van der Waals surface area (Å²) in [4.78, 5) is 12.2. The van der Waals surface area contributed by atoms with E-state index in [-0.39, 0.29) is 12.1 Å². The summed E-state index contributed by atoms with van der Waals surface area (Å²) in [7, 11) is 1.60. The van der Waals surface area contributed by atoms with Crippen LogP contribution in [0.15, 0.2) is 70.9 Å². The lowest BCUT2D eigenvalue weighted by Gasteiger charge is -2.10. The maximum absolute atomic E-state index is 12.2.